The molecule has 3 aromatic heterocycles. The number of para-hydroxylation sites is 2. The van der Waals surface area contributed by atoms with Crippen LogP contribution in [0.3, 0.4) is 0 Å². The van der Waals surface area contributed by atoms with Crippen LogP contribution in [0.1, 0.15) is 17.3 Å². The minimum atomic E-state index is 0.0766. The van der Waals surface area contributed by atoms with Crippen molar-refractivity contribution < 1.29 is 9.21 Å². The van der Waals surface area contributed by atoms with Gasteiger partial charge in [-0.3, -0.25) is 9.36 Å². The number of hydrogen-bond acceptors (Lipinski definition) is 5. The third kappa shape index (κ3) is 3.11. The molecule has 5 aromatic rings. The van der Waals surface area contributed by atoms with Crippen LogP contribution in [0.4, 0.5) is 0 Å². The van der Waals surface area contributed by atoms with Gasteiger partial charge in [-0.15, -0.1) is 10.2 Å². The van der Waals surface area contributed by atoms with E-state index in [1.54, 1.807) is 0 Å². The van der Waals surface area contributed by atoms with E-state index in [2.05, 4.69) is 10.2 Å². The Bertz CT molecular complexity index is 1350. The lowest BCUT2D eigenvalue weighted by molar-refractivity contribution is 0.102. The highest BCUT2D eigenvalue weighted by atomic mass is 32.2. The molecule has 0 saturated carbocycles. The van der Waals surface area contributed by atoms with Crippen LogP contribution in [-0.4, -0.2) is 30.9 Å². The summed E-state index contributed by atoms with van der Waals surface area (Å²) in [7, 11) is 1.96. The molecule has 0 bridgehead atoms. The number of benzene rings is 2. The second kappa shape index (κ2) is 7.50. The lowest BCUT2D eigenvalue weighted by atomic mass is 10.1. The zero-order chi connectivity index (χ0) is 20.7. The average Bonchev–Trinajstić information content (AvgIpc) is 3.46. The Morgan fingerprint density at radius 2 is 1.90 bits per heavy atom. The first-order chi connectivity index (χ1) is 14.7. The Morgan fingerprint density at radius 3 is 2.73 bits per heavy atom. The Morgan fingerprint density at radius 1 is 1.10 bits per heavy atom. The molecule has 7 heteroatoms. The summed E-state index contributed by atoms with van der Waals surface area (Å²) in [6, 6.07) is 17.8. The van der Waals surface area contributed by atoms with E-state index >= 15 is 0 Å². The first-order valence-electron chi connectivity index (χ1n) is 9.78. The predicted octanol–water partition coefficient (Wildman–Crippen LogP) is 5.18. The molecule has 0 spiro atoms. The van der Waals surface area contributed by atoms with Gasteiger partial charge in [0.2, 0.25) is 5.82 Å². The van der Waals surface area contributed by atoms with Gasteiger partial charge in [-0.25, -0.2) is 0 Å². The molecule has 0 fully saturated rings. The largest absolute Gasteiger partial charge is 0.453 e. The zero-order valence-corrected chi connectivity index (χ0v) is 17.5. The number of Topliss-reactive ketones (excluding diaryl/α,β-unsaturated/α-hetero) is 1. The van der Waals surface area contributed by atoms with Gasteiger partial charge in [0.05, 0.1) is 5.75 Å². The maximum atomic E-state index is 12.9. The first kappa shape index (κ1) is 18.7. The summed E-state index contributed by atoms with van der Waals surface area (Å²) < 4.78 is 9.93. The number of carbonyl (C=O) groups excluding carboxylic acids is 1. The second-order valence-electron chi connectivity index (χ2n) is 7.08. The zero-order valence-electron chi connectivity index (χ0n) is 16.7. The van der Waals surface area contributed by atoms with Gasteiger partial charge >= 0.3 is 0 Å². The summed E-state index contributed by atoms with van der Waals surface area (Å²) in [4.78, 5) is 12.9. The van der Waals surface area contributed by atoms with Crippen molar-refractivity contribution in [1.29, 1.82) is 0 Å². The molecule has 0 radical (unpaired) electrons. The Kier molecular flexibility index (Phi) is 4.67. The van der Waals surface area contributed by atoms with Crippen LogP contribution >= 0.6 is 11.8 Å². The molecule has 0 amide bonds. The maximum Gasteiger partial charge on any atom is 0.200 e. The minimum absolute atomic E-state index is 0.0766. The van der Waals surface area contributed by atoms with E-state index in [-0.39, 0.29) is 5.78 Å². The number of carbonyl (C=O) groups is 1. The van der Waals surface area contributed by atoms with E-state index in [0.717, 1.165) is 27.4 Å². The van der Waals surface area contributed by atoms with Gasteiger partial charge in [0.15, 0.2) is 16.7 Å². The Labute approximate surface area is 177 Å². The number of furan rings is 1. The fourth-order valence-corrected chi connectivity index (χ4v) is 4.61. The number of ketones is 1. The third-order valence-corrected chi connectivity index (χ3v) is 6.18. The predicted molar refractivity (Wildman–Crippen MR) is 119 cm³/mol. The van der Waals surface area contributed by atoms with Gasteiger partial charge in [0.25, 0.3) is 0 Å². The summed E-state index contributed by atoms with van der Waals surface area (Å²) in [5.41, 5.74) is 2.61. The Balaban J connectivity index is 1.41. The van der Waals surface area contributed by atoms with Crippen LogP contribution in [0.15, 0.2) is 70.4 Å². The van der Waals surface area contributed by atoms with Gasteiger partial charge in [-0.2, -0.15) is 0 Å². The molecule has 0 aliphatic rings. The molecule has 0 aliphatic heterocycles. The molecule has 150 valence electrons. The van der Waals surface area contributed by atoms with Gasteiger partial charge < -0.3 is 8.98 Å². The number of aryl methyl sites for hydroxylation is 1. The summed E-state index contributed by atoms with van der Waals surface area (Å²) >= 11 is 1.40. The monoisotopic (exact) mass is 416 g/mol. The Hall–Kier alpha value is -3.32. The number of rotatable bonds is 6. The van der Waals surface area contributed by atoms with Gasteiger partial charge in [0.1, 0.15) is 5.58 Å². The molecule has 0 N–H and O–H groups in total. The summed E-state index contributed by atoms with van der Waals surface area (Å²) in [6.07, 6.45) is 1.90. The number of nitrogens with zero attached hydrogens (tertiary/aromatic N) is 4. The van der Waals surface area contributed by atoms with Crippen molar-refractivity contribution in [1.82, 2.24) is 19.3 Å². The van der Waals surface area contributed by atoms with E-state index in [9.17, 15) is 4.79 Å². The summed E-state index contributed by atoms with van der Waals surface area (Å²) in [5.74, 6) is 1.73. The standard InChI is InChI=1S/C23H20N4O2S/c1-3-27-22(21-12-15-8-4-7-11-20(15)29-21)24-25-23(27)30-14-19(28)17-13-26(2)18-10-6-5-9-16(17)18/h4-13H,3,14H2,1-2H3. The van der Waals surface area contributed by atoms with E-state index in [1.165, 1.54) is 11.8 Å². The molecule has 0 saturated heterocycles. The normalized spacial score (nSPS) is 11.5. The molecule has 2 aromatic carbocycles. The molecule has 30 heavy (non-hydrogen) atoms. The van der Waals surface area contributed by atoms with Crippen molar-refractivity contribution in [2.75, 3.05) is 5.75 Å². The summed E-state index contributed by atoms with van der Waals surface area (Å²) in [6.45, 7) is 2.72. The molecule has 0 atom stereocenters. The fraction of sp³-hybridized carbons (Fsp3) is 0.174. The first-order valence-corrected chi connectivity index (χ1v) is 10.8. The van der Waals surface area contributed by atoms with E-state index in [0.29, 0.717) is 29.0 Å². The topological polar surface area (TPSA) is 65.8 Å². The van der Waals surface area contributed by atoms with Gasteiger partial charge in [-0.1, -0.05) is 48.2 Å². The van der Waals surface area contributed by atoms with Gasteiger partial charge in [-0.05, 0) is 25.1 Å². The van der Waals surface area contributed by atoms with Crippen LogP contribution in [0.5, 0.6) is 0 Å². The van der Waals surface area contributed by atoms with E-state index < -0.39 is 0 Å². The van der Waals surface area contributed by atoms with Crippen LogP contribution < -0.4 is 0 Å². The highest BCUT2D eigenvalue weighted by Gasteiger charge is 2.19. The van der Waals surface area contributed by atoms with E-state index in [1.807, 2.05) is 83.9 Å². The molecule has 3 heterocycles. The lowest BCUT2D eigenvalue weighted by Crippen LogP contribution is -2.05. The highest BCUT2D eigenvalue weighted by Crippen LogP contribution is 2.30. The third-order valence-electron chi connectivity index (χ3n) is 5.21. The summed E-state index contributed by atoms with van der Waals surface area (Å²) in [5, 5.41) is 11.4. The van der Waals surface area contributed by atoms with Crippen molar-refractivity contribution >= 4 is 39.4 Å². The van der Waals surface area contributed by atoms with E-state index in [4.69, 9.17) is 4.42 Å². The molecular formula is C23H20N4O2S. The van der Waals surface area contributed by atoms with Crippen molar-refractivity contribution in [2.45, 2.75) is 18.6 Å². The maximum absolute atomic E-state index is 12.9. The second-order valence-corrected chi connectivity index (χ2v) is 8.02. The van der Waals surface area contributed by atoms with Crippen molar-refractivity contribution in [2.24, 2.45) is 7.05 Å². The average molecular weight is 417 g/mol. The smallest absolute Gasteiger partial charge is 0.200 e. The van der Waals surface area contributed by atoms with Crippen LogP contribution in [-0.2, 0) is 13.6 Å². The number of thioether (sulfide) groups is 1. The fourth-order valence-electron chi connectivity index (χ4n) is 3.73. The minimum Gasteiger partial charge on any atom is -0.453 e. The van der Waals surface area contributed by atoms with Crippen LogP contribution in [0.2, 0.25) is 0 Å². The number of aromatic nitrogens is 4. The highest BCUT2D eigenvalue weighted by molar-refractivity contribution is 7.99. The molecule has 5 rings (SSSR count). The van der Waals surface area contributed by atoms with Crippen molar-refractivity contribution in [3.63, 3.8) is 0 Å². The van der Waals surface area contributed by atoms with Crippen LogP contribution in [0.25, 0.3) is 33.5 Å². The molecule has 0 aliphatic carbocycles. The van der Waals surface area contributed by atoms with Gasteiger partial charge in [0, 0.05) is 41.6 Å². The molecular weight excluding hydrogens is 396 g/mol. The van der Waals surface area contributed by atoms with Crippen molar-refractivity contribution in [3.8, 4) is 11.6 Å². The molecule has 6 nitrogen and oxygen atoms in total. The lowest BCUT2D eigenvalue weighted by Gasteiger charge is -2.05. The number of fused-ring (bicyclic) bond motifs is 2. The quantitative estimate of drug-likeness (QED) is 0.282. The SMILES string of the molecule is CCn1c(SCC(=O)c2cn(C)c3ccccc23)nnc1-c1cc2ccccc2o1. The van der Waals surface area contributed by atoms with Crippen LogP contribution in [0, 0.1) is 0 Å². The van der Waals surface area contributed by atoms with Crippen molar-refractivity contribution in [3.05, 3.63) is 66.4 Å². The molecule has 0 unspecified atom stereocenters. The number of hydrogen-bond donors (Lipinski definition) is 0.